The molecular weight excluding hydrogens is 364 g/mol. The monoisotopic (exact) mass is 382 g/mol. The van der Waals surface area contributed by atoms with Crippen molar-refractivity contribution < 1.29 is 26.8 Å². The number of piperidine rings is 1. The molecule has 3 aliphatic heterocycles. The van der Waals surface area contributed by atoms with Crippen LogP contribution in [-0.4, -0.2) is 60.0 Å². The van der Waals surface area contributed by atoms with Gasteiger partial charge in [-0.05, 0) is 43.0 Å². The third kappa shape index (κ3) is 3.08. The Balaban J connectivity index is 1.47. The first-order valence-corrected chi connectivity index (χ1v) is 9.63. The number of nitrogens with zero attached hydrogens (tertiary/aromatic N) is 2. The highest BCUT2D eigenvalue weighted by Crippen LogP contribution is 2.32. The van der Waals surface area contributed by atoms with Crippen molar-refractivity contribution >= 4 is 33.7 Å². The minimum Gasteiger partial charge on any atom is -0.384 e. The molecule has 140 valence electrons. The van der Waals surface area contributed by atoms with Gasteiger partial charge in [0.2, 0.25) is 5.91 Å². The van der Waals surface area contributed by atoms with Crippen molar-refractivity contribution in [3.8, 4) is 0 Å². The van der Waals surface area contributed by atoms with Crippen LogP contribution in [0, 0.1) is 0 Å². The Morgan fingerprint density at radius 3 is 2.92 bits per heavy atom. The molecule has 3 N–H and O–H groups in total. The highest BCUT2D eigenvalue weighted by atomic mass is 32.3. The summed E-state index contributed by atoms with van der Waals surface area (Å²) in [5.74, 6) is -0.337. The molecule has 4 rings (SSSR count). The summed E-state index contributed by atoms with van der Waals surface area (Å²) in [5, 5.41) is 6.69. The fourth-order valence-electron chi connectivity index (χ4n) is 3.71. The SMILES string of the molecule is O=C(Nc1ccc2c(c1)CCN2)C1CCC2CN1C(=O)N2OS(=O)(=O)O. The van der Waals surface area contributed by atoms with E-state index in [1.807, 2.05) is 12.1 Å². The molecule has 3 heterocycles. The van der Waals surface area contributed by atoms with Gasteiger partial charge in [-0.25, -0.2) is 4.79 Å². The summed E-state index contributed by atoms with van der Waals surface area (Å²) in [6.07, 6.45) is 1.65. The molecule has 0 aromatic heterocycles. The van der Waals surface area contributed by atoms with E-state index in [0.717, 1.165) is 24.2 Å². The highest BCUT2D eigenvalue weighted by Gasteiger charge is 2.49. The van der Waals surface area contributed by atoms with Crippen LogP contribution in [0.3, 0.4) is 0 Å². The number of hydroxylamine groups is 2. The Morgan fingerprint density at radius 2 is 2.15 bits per heavy atom. The van der Waals surface area contributed by atoms with E-state index in [1.165, 1.54) is 4.90 Å². The second kappa shape index (κ2) is 6.11. The van der Waals surface area contributed by atoms with Crippen LogP contribution in [-0.2, 0) is 25.9 Å². The van der Waals surface area contributed by atoms with Gasteiger partial charge in [-0.3, -0.25) is 9.35 Å². The van der Waals surface area contributed by atoms with Crippen LogP contribution in [0.1, 0.15) is 18.4 Å². The summed E-state index contributed by atoms with van der Waals surface area (Å²) < 4.78 is 35.0. The van der Waals surface area contributed by atoms with Crippen LogP contribution < -0.4 is 10.6 Å². The highest BCUT2D eigenvalue weighted by molar-refractivity contribution is 7.80. The molecular formula is C15H18N4O6S. The van der Waals surface area contributed by atoms with E-state index in [9.17, 15) is 18.0 Å². The normalized spacial score (nSPS) is 24.4. The van der Waals surface area contributed by atoms with Crippen molar-refractivity contribution in [2.75, 3.05) is 23.7 Å². The van der Waals surface area contributed by atoms with Crippen LogP contribution >= 0.6 is 0 Å². The molecule has 3 aliphatic rings. The molecule has 0 spiro atoms. The second-order valence-corrected chi connectivity index (χ2v) is 7.55. The van der Waals surface area contributed by atoms with Gasteiger partial charge >= 0.3 is 16.4 Å². The van der Waals surface area contributed by atoms with Crippen LogP contribution in [0.2, 0.25) is 0 Å². The fourth-order valence-corrected chi connectivity index (χ4v) is 4.10. The Kier molecular flexibility index (Phi) is 4.01. The Bertz CT molecular complexity index is 873. The summed E-state index contributed by atoms with van der Waals surface area (Å²) in [6.45, 7) is 1.03. The van der Waals surface area contributed by atoms with Crippen molar-refractivity contribution in [1.82, 2.24) is 9.96 Å². The summed E-state index contributed by atoms with van der Waals surface area (Å²) in [7, 11) is -4.80. The number of fused-ring (bicyclic) bond motifs is 3. The molecule has 2 unspecified atom stereocenters. The first kappa shape index (κ1) is 17.1. The van der Waals surface area contributed by atoms with Crippen LogP contribution in [0.4, 0.5) is 16.2 Å². The zero-order valence-electron chi connectivity index (χ0n) is 13.7. The molecule has 2 fully saturated rings. The first-order chi connectivity index (χ1) is 12.3. The molecule has 1 aromatic rings. The van der Waals surface area contributed by atoms with Gasteiger partial charge < -0.3 is 15.5 Å². The van der Waals surface area contributed by atoms with Gasteiger partial charge in [-0.2, -0.15) is 13.5 Å². The molecule has 10 nitrogen and oxygen atoms in total. The molecule has 0 aliphatic carbocycles. The number of urea groups is 1. The Morgan fingerprint density at radius 1 is 1.35 bits per heavy atom. The van der Waals surface area contributed by atoms with Gasteiger partial charge in [0, 0.05) is 24.5 Å². The van der Waals surface area contributed by atoms with Gasteiger partial charge in [0.1, 0.15) is 6.04 Å². The summed E-state index contributed by atoms with van der Waals surface area (Å²) in [4.78, 5) is 26.3. The van der Waals surface area contributed by atoms with E-state index < -0.39 is 28.5 Å². The zero-order chi connectivity index (χ0) is 18.5. The number of hydrogen-bond donors (Lipinski definition) is 3. The second-order valence-electron chi connectivity index (χ2n) is 6.55. The van der Waals surface area contributed by atoms with E-state index in [1.54, 1.807) is 6.07 Å². The number of amides is 3. The number of carbonyl (C=O) groups excluding carboxylic acids is 2. The van der Waals surface area contributed by atoms with Crippen LogP contribution in [0.5, 0.6) is 0 Å². The van der Waals surface area contributed by atoms with Crippen molar-refractivity contribution in [2.45, 2.75) is 31.3 Å². The Hall–Kier alpha value is -2.37. The molecule has 0 saturated carbocycles. The number of benzene rings is 1. The molecule has 2 bridgehead atoms. The quantitative estimate of drug-likeness (QED) is 0.650. The van der Waals surface area contributed by atoms with Gasteiger partial charge in [-0.1, -0.05) is 0 Å². The number of carbonyl (C=O) groups is 2. The molecule has 1 aromatic carbocycles. The number of anilines is 2. The maximum Gasteiger partial charge on any atom is 0.418 e. The predicted molar refractivity (Wildman–Crippen MR) is 90.7 cm³/mol. The van der Waals surface area contributed by atoms with Crippen LogP contribution in [0.15, 0.2) is 18.2 Å². The summed E-state index contributed by atoms with van der Waals surface area (Å²) in [6, 6.07) is 3.61. The molecule has 3 amide bonds. The lowest BCUT2D eigenvalue weighted by Crippen LogP contribution is -2.47. The standard InChI is InChI=1S/C15H18N4O6S/c20-14(17-10-1-3-12-9(7-10)5-6-16-12)13-4-2-11-8-18(13)15(21)19(11)25-26(22,23)24/h1,3,7,11,13,16H,2,4-6,8H2,(H,17,20)(H,22,23,24). The predicted octanol–water partition coefficient (Wildman–Crippen LogP) is 0.596. The maximum absolute atomic E-state index is 12.6. The van der Waals surface area contributed by atoms with E-state index in [-0.39, 0.29) is 12.5 Å². The average Bonchev–Trinajstić information content (AvgIpc) is 3.13. The largest absolute Gasteiger partial charge is 0.418 e. The molecule has 26 heavy (non-hydrogen) atoms. The number of nitrogens with one attached hydrogen (secondary N) is 2. The van der Waals surface area contributed by atoms with E-state index in [2.05, 4.69) is 14.9 Å². The Labute approximate surface area is 150 Å². The van der Waals surface area contributed by atoms with E-state index in [0.29, 0.717) is 23.6 Å². The zero-order valence-corrected chi connectivity index (χ0v) is 14.5. The van der Waals surface area contributed by atoms with Gasteiger partial charge in [0.05, 0.1) is 6.04 Å². The van der Waals surface area contributed by atoms with Gasteiger partial charge in [0.25, 0.3) is 0 Å². The van der Waals surface area contributed by atoms with Crippen molar-refractivity contribution in [1.29, 1.82) is 0 Å². The summed E-state index contributed by atoms with van der Waals surface area (Å²) >= 11 is 0. The first-order valence-electron chi connectivity index (χ1n) is 8.26. The lowest BCUT2D eigenvalue weighted by atomic mass is 10.00. The molecule has 2 atom stereocenters. The van der Waals surface area contributed by atoms with E-state index in [4.69, 9.17) is 4.55 Å². The van der Waals surface area contributed by atoms with Gasteiger partial charge in [-0.15, -0.1) is 4.28 Å². The van der Waals surface area contributed by atoms with Crippen molar-refractivity contribution in [3.63, 3.8) is 0 Å². The maximum atomic E-state index is 12.6. The number of hydrogen-bond acceptors (Lipinski definition) is 6. The molecule has 0 radical (unpaired) electrons. The smallest absolute Gasteiger partial charge is 0.384 e. The van der Waals surface area contributed by atoms with Gasteiger partial charge in [0.15, 0.2) is 0 Å². The minimum atomic E-state index is -4.80. The third-order valence-electron chi connectivity index (χ3n) is 4.88. The number of rotatable bonds is 4. The lowest BCUT2D eigenvalue weighted by molar-refractivity contribution is -0.120. The fraction of sp³-hybridized carbons (Fsp3) is 0.467. The third-order valence-corrected chi connectivity index (χ3v) is 5.23. The lowest BCUT2D eigenvalue weighted by Gasteiger charge is -2.29. The molecule has 11 heteroatoms. The molecule has 2 saturated heterocycles. The van der Waals surface area contributed by atoms with E-state index >= 15 is 0 Å². The topological polar surface area (TPSA) is 128 Å². The van der Waals surface area contributed by atoms with Crippen molar-refractivity contribution in [2.24, 2.45) is 0 Å². The minimum absolute atomic E-state index is 0.167. The summed E-state index contributed by atoms with van der Waals surface area (Å²) in [5.41, 5.74) is 2.82. The van der Waals surface area contributed by atoms with Crippen molar-refractivity contribution in [3.05, 3.63) is 23.8 Å². The van der Waals surface area contributed by atoms with Crippen LogP contribution in [0.25, 0.3) is 0 Å². The average molecular weight is 382 g/mol.